The molecule has 1 radical (unpaired) electrons. The van der Waals surface area contributed by atoms with Crippen molar-refractivity contribution in [2.24, 2.45) is 0 Å². The summed E-state index contributed by atoms with van der Waals surface area (Å²) in [5, 5.41) is 1.00. The van der Waals surface area contributed by atoms with Crippen molar-refractivity contribution in [3.05, 3.63) is 29.8 Å². The van der Waals surface area contributed by atoms with Crippen LogP contribution in [0.2, 0.25) is 0 Å². The standard InChI is InChI=1S/C9H12OP/c1-3-11(10)9-7-5-4-6-8(9)2/h4-7H,3H2,1-2H3. The Kier molecular flexibility index (Phi) is 2.78. The second kappa shape index (κ2) is 3.64. The summed E-state index contributed by atoms with van der Waals surface area (Å²) in [7, 11) is -1.14. The molecule has 0 aromatic heterocycles. The van der Waals surface area contributed by atoms with E-state index in [2.05, 4.69) is 0 Å². The van der Waals surface area contributed by atoms with Crippen molar-refractivity contribution < 1.29 is 4.57 Å². The Bertz CT molecular complexity index is 268. The van der Waals surface area contributed by atoms with E-state index in [0.717, 1.165) is 17.0 Å². The Hall–Kier alpha value is -0.680. The number of hydrogen-bond donors (Lipinski definition) is 0. The van der Waals surface area contributed by atoms with E-state index < -0.39 is 7.80 Å². The van der Waals surface area contributed by atoms with E-state index in [0.29, 0.717) is 0 Å². The molecule has 1 atom stereocenters. The maximum absolute atomic E-state index is 11.4. The van der Waals surface area contributed by atoms with Crippen molar-refractivity contribution >= 4 is 13.1 Å². The van der Waals surface area contributed by atoms with E-state index in [1.54, 1.807) is 0 Å². The van der Waals surface area contributed by atoms with Crippen LogP contribution in [0.1, 0.15) is 12.5 Å². The zero-order valence-electron chi connectivity index (χ0n) is 6.87. The van der Waals surface area contributed by atoms with Crippen LogP contribution >= 0.6 is 7.80 Å². The summed E-state index contributed by atoms with van der Waals surface area (Å²) >= 11 is 0. The molecule has 0 aliphatic heterocycles. The minimum absolute atomic E-state index is 0.736. The molecule has 0 fully saturated rings. The average Bonchev–Trinajstić information content (AvgIpc) is 2.04. The first kappa shape index (κ1) is 8.42. The molecular weight excluding hydrogens is 155 g/mol. The Balaban J connectivity index is 3.03. The second-order valence-electron chi connectivity index (χ2n) is 2.48. The van der Waals surface area contributed by atoms with Crippen molar-refractivity contribution in [3.63, 3.8) is 0 Å². The summed E-state index contributed by atoms with van der Waals surface area (Å²) in [6.07, 6.45) is 0.736. The first-order valence-electron chi connectivity index (χ1n) is 3.76. The first-order valence-corrected chi connectivity index (χ1v) is 5.20. The summed E-state index contributed by atoms with van der Waals surface area (Å²) in [6.45, 7) is 3.95. The van der Waals surface area contributed by atoms with Crippen molar-refractivity contribution in [2.45, 2.75) is 13.8 Å². The predicted octanol–water partition coefficient (Wildman–Crippen LogP) is 2.47. The highest BCUT2D eigenvalue weighted by atomic mass is 31.1. The third-order valence-corrected chi connectivity index (χ3v) is 3.28. The van der Waals surface area contributed by atoms with Crippen LogP contribution in [0.15, 0.2) is 24.3 Å². The zero-order valence-corrected chi connectivity index (χ0v) is 7.77. The van der Waals surface area contributed by atoms with Crippen LogP contribution in [0.25, 0.3) is 0 Å². The number of rotatable bonds is 2. The summed E-state index contributed by atoms with van der Waals surface area (Å²) in [5.41, 5.74) is 1.13. The van der Waals surface area contributed by atoms with Crippen molar-refractivity contribution in [2.75, 3.05) is 6.16 Å². The Morgan fingerprint density at radius 3 is 2.55 bits per heavy atom. The lowest BCUT2D eigenvalue weighted by molar-refractivity contribution is 0.593. The van der Waals surface area contributed by atoms with Crippen LogP contribution < -0.4 is 5.30 Å². The number of aryl methyl sites for hydroxylation is 1. The lowest BCUT2D eigenvalue weighted by atomic mass is 10.2. The maximum Gasteiger partial charge on any atom is 0.104 e. The van der Waals surface area contributed by atoms with Gasteiger partial charge in [0.25, 0.3) is 0 Å². The molecule has 1 nitrogen and oxygen atoms in total. The highest BCUT2D eigenvalue weighted by Crippen LogP contribution is 2.20. The molecule has 0 aliphatic carbocycles. The van der Waals surface area contributed by atoms with E-state index in [4.69, 9.17) is 0 Å². The minimum atomic E-state index is -1.14. The van der Waals surface area contributed by atoms with Gasteiger partial charge in [0, 0.05) is 11.5 Å². The SMILES string of the molecule is CC[P](=O)c1ccccc1C. The Morgan fingerprint density at radius 1 is 1.36 bits per heavy atom. The quantitative estimate of drug-likeness (QED) is 0.618. The van der Waals surface area contributed by atoms with Gasteiger partial charge in [-0.15, -0.1) is 0 Å². The Labute approximate surface area is 68.2 Å². The van der Waals surface area contributed by atoms with E-state index in [1.165, 1.54) is 0 Å². The fourth-order valence-corrected chi connectivity index (χ4v) is 2.07. The molecule has 0 N–H and O–H groups in total. The van der Waals surface area contributed by atoms with Crippen molar-refractivity contribution in [3.8, 4) is 0 Å². The molecule has 0 aliphatic rings. The van der Waals surface area contributed by atoms with Crippen LogP contribution in [0.4, 0.5) is 0 Å². The van der Waals surface area contributed by atoms with E-state index in [9.17, 15) is 4.57 Å². The summed E-state index contributed by atoms with van der Waals surface area (Å²) < 4.78 is 11.4. The molecule has 2 heteroatoms. The average molecular weight is 167 g/mol. The molecule has 0 bridgehead atoms. The smallest absolute Gasteiger partial charge is 0.104 e. The van der Waals surface area contributed by atoms with Gasteiger partial charge in [-0.1, -0.05) is 25.1 Å². The molecule has 1 aromatic rings. The maximum atomic E-state index is 11.4. The molecule has 0 spiro atoms. The van der Waals surface area contributed by atoms with Gasteiger partial charge in [-0.05, 0) is 18.6 Å². The number of benzene rings is 1. The molecule has 0 saturated heterocycles. The molecule has 11 heavy (non-hydrogen) atoms. The third kappa shape index (κ3) is 1.87. The van der Waals surface area contributed by atoms with Gasteiger partial charge in [-0.3, -0.25) is 4.57 Å². The van der Waals surface area contributed by atoms with Gasteiger partial charge in [-0.2, -0.15) is 0 Å². The molecule has 0 saturated carbocycles. The molecule has 0 heterocycles. The van der Waals surface area contributed by atoms with Crippen molar-refractivity contribution in [1.82, 2.24) is 0 Å². The molecular formula is C9H12OP. The lowest BCUT2D eigenvalue weighted by Crippen LogP contribution is -2.01. The van der Waals surface area contributed by atoms with E-state index >= 15 is 0 Å². The normalized spacial score (nSPS) is 11.3. The highest BCUT2D eigenvalue weighted by Gasteiger charge is 2.02. The highest BCUT2D eigenvalue weighted by molar-refractivity contribution is 7.53. The molecule has 59 valence electrons. The van der Waals surface area contributed by atoms with Gasteiger partial charge in [0.15, 0.2) is 0 Å². The van der Waals surface area contributed by atoms with Crippen LogP contribution in [0.3, 0.4) is 0 Å². The van der Waals surface area contributed by atoms with Crippen LogP contribution in [-0.2, 0) is 4.57 Å². The topological polar surface area (TPSA) is 17.1 Å². The molecule has 1 rings (SSSR count). The van der Waals surface area contributed by atoms with Crippen molar-refractivity contribution in [1.29, 1.82) is 0 Å². The molecule has 0 amide bonds. The largest absolute Gasteiger partial charge is 0.282 e. The van der Waals surface area contributed by atoms with Crippen LogP contribution in [-0.4, -0.2) is 6.16 Å². The second-order valence-corrected chi connectivity index (χ2v) is 4.35. The summed E-state index contributed by atoms with van der Waals surface area (Å²) in [6, 6.07) is 7.85. The monoisotopic (exact) mass is 167 g/mol. The van der Waals surface area contributed by atoms with E-state index in [1.807, 2.05) is 38.1 Å². The molecule has 1 unspecified atom stereocenters. The molecule has 1 aromatic carbocycles. The third-order valence-electron chi connectivity index (χ3n) is 1.67. The van der Waals surface area contributed by atoms with Crippen LogP contribution in [0.5, 0.6) is 0 Å². The van der Waals surface area contributed by atoms with Gasteiger partial charge < -0.3 is 0 Å². The number of hydrogen-bond acceptors (Lipinski definition) is 1. The van der Waals surface area contributed by atoms with Gasteiger partial charge in [0.1, 0.15) is 7.80 Å². The van der Waals surface area contributed by atoms with Gasteiger partial charge in [-0.25, -0.2) is 0 Å². The minimum Gasteiger partial charge on any atom is -0.282 e. The van der Waals surface area contributed by atoms with Gasteiger partial charge in [0.05, 0.1) is 0 Å². The first-order chi connectivity index (χ1) is 5.25. The summed E-state index contributed by atoms with van der Waals surface area (Å²) in [4.78, 5) is 0. The van der Waals surface area contributed by atoms with Gasteiger partial charge >= 0.3 is 0 Å². The lowest BCUT2D eigenvalue weighted by Gasteiger charge is -2.00. The van der Waals surface area contributed by atoms with Gasteiger partial charge in [0.2, 0.25) is 0 Å². The van der Waals surface area contributed by atoms with Crippen LogP contribution in [0, 0.1) is 6.92 Å². The zero-order chi connectivity index (χ0) is 8.27. The fourth-order valence-electron chi connectivity index (χ4n) is 1.01. The fraction of sp³-hybridized carbons (Fsp3) is 0.333. The Morgan fingerprint density at radius 2 is 2.00 bits per heavy atom. The summed E-state index contributed by atoms with van der Waals surface area (Å²) in [5.74, 6) is 0. The predicted molar refractivity (Wildman–Crippen MR) is 49.0 cm³/mol. The van der Waals surface area contributed by atoms with E-state index in [-0.39, 0.29) is 0 Å².